The lowest BCUT2D eigenvalue weighted by atomic mass is 9.88. The summed E-state index contributed by atoms with van der Waals surface area (Å²) in [5, 5.41) is 5.40. The molecule has 0 aromatic heterocycles. The highest BCUT2D eigenvalue weighted by Crippen LogP contribution is 2.34. The zero-order valence-corrected chi connectivity index (χ0v) is 13.9. The molecule has 0 aromatic carbocycles. The van der Waals surface area contributed by atoms with E-state index in [9.17, 15) is 14.4 Å². The fourth-order valence-electron chi connectivity index (χ4n) is 2.80. The van der Waals surface area contributed by atoms with Gasteiger partial charge in [0.25, 0.3) is 0 Å². The number of amides is 2. The highest BCUT2D eigenvalue weighted by molar-refractivity contribution is 5.85. The number of ether oxygens (including phenoxy) is 3. The quantitative estimate of drug-likeness (QED) is 0.722. The van der Waals surface area contributed by atoms with Crippen LogP contribution in [0.4, 0.5) is 4.79 Å². The summed E-state index contributed by atoms with van der Waals surface area (Å²) in [6.45, 7) is 6.15. The van der Waals surface area contributed by atoms with Crippen molar-refractivity contribution in [3.05, 3.63) is 0 Å². The first-order chi connectivity index (χ1) is 10.6. The summed E-state index contributed by atoms with van der Waals surface area (Å²) < 4.78 is 15.0. The number of hydrogen-bond donors (Lipinski definition) is 2. The van der Waals surface area contributed by atoms with Crippen molar-refractivity contribution >= 4 is 18.0 Å². The number of hydrogen-bond acceptors (Lipinski definition) is 6. The molecule has 0 saturated carbocycles. The van der Waals surface area contributed by atoms with Gasteiger partial charge in [-0.2, -0.15) is 0 Å². The predicted molar refractivity (Wildman–Crippen MR) is 79.6 cm³/mol. The van der Waals surface area contributed by atoms with E-state index in [2.05, 4.69) is 10.6 Å². The lowest BCUT2D eigenvalue weighted by molar-refractivity contribution is -0.143. The van der Waals surface area contributed by atoms with E-state index in [0.717, 1.165) is 0 Å². The van der Waals surface area contributed by atoms with Crippen LogP contribution in [0.25, 0.3) is 0 Å². The Labute approximate surface area is 135 Å². The Morgan fingerprint density at radius 2 is 2.09 bits per heavy atom. The molecule has 2 aliphatic rings. The fraction of sp³-hybridized carbons (Fsp3) is 0.800. The topological polar surface area (TPSA) is 103 Å². The van der Waals surface area contributed by atoms with E-state index in [-0.39, 0.29) is 23.8 Å². The maximum atomic E-state index is 12.1. The van der Waals surface area contributed by atoms with Gasteiger partial charge in [-0.15, -0.1) is 0 Å². The molecule has 2 fully saturated rings. The second kappa shape index (κ2) is 6.35. The van der Waals surface area contributed by atoms with E-state index in [0.29, 0.717) is 19.6 Å². The molecule has 2 heterocycles. The van der Waals surface area contributed by atoms with Crippen molar-refractivity contribution in [2.45, 2.75) is 50.8 Å². The number of rotatable bonds is 4. The molecule has 2 saturated heterocycles. The van der Waals surface area contributed by atoms with E-state index in [1.165, 1.54) is 7.11 Å². The van der Waals surface area contributed by atoms with Crippen molar-refractivity contribution in [3.8, 4) is 0 Å². The predicted octanol–water partition coefficient (Wildman–Crippen LogP) is 0.348. The molecule has 8 heteroatoms. The molecule has 2 amide bonds. The third-order valence-electron chi connectivity index (χ3n) is 3.85. The summed E-state index contributed by atoms with van der Waals surface area (Å²) in [6, 6.07) is -0.929. The molecule has 0 aromatic rings. The maximum absolute atomic E-state index is 12.1. The van der Waals surface area contributed by atoms with Crippen molar-refractivity contribution in [2.75, 3.05) is 20.3 Å². The van der Waals surface area contributed by atoms with Gasteiger partial charge in [0.1, 0.15) is 11.6 Å². The highest BCUT2D eigenvalue weighted by Gasteiger charge is 2.50. The van der Waals surface area contributed by atoms with Gasteiger partial charge in [0.2, 0.25) is 5.91 Å². The van der Waals surface area contributed by atoms with Crippen molar-refractivity contribution in [1.82, 2.24) is 10.6 Å². The van der Waals surface area contributed by atoms with Gasteiger partial charge in [0, 0.05) is 5.92 Å². The zero-order chi connectivity index (χ0) is 17.3. The molecule has 1 spiro atoms. The standard InChI is InChI=1S/C15H24N2O6/c1-14(2,3)23-13(20)16-10(12(19)21-4)5-9-6-15(7-22-8-15)17-11(9)18/h9-10H,5-8H2,1-4H3,(H,16,20)(H,17,18)/t9?,10-/m0/s1. The molecule has 23 heavy (non-hydrogen) atoms. The Bertz CT molecular complexity index is 495. The molecule has 2 rings (SSSR count). The smallest absolute Gasteiger partial charge is 0.408 e. The lowest BCUT2D eigenvalue weighted by Gasteiger charge is -2.37. The normalized spacial score (nSPS) is 23.7. The average Bonchev–Trinajstić information content (AvgIpc) is 2.72. The van der Waals surface area contributed by atoms with Crippen LogP contribution in [-0.2, 0) is 23.8 Å². The molecule has 2 atom stereocenters. The SMILES string of the molecule is COC(=O)[C@H](CC1CC2(COC2)NC1=O)NC(=O)OC(C)(C)C. The summed E-state index contributed by atoms with van der Waals surface area (Å²) in [6.07, 6.45) is 0.0300. The minimum atomic E-state index is -0.929. The average molecular weight is 328 g/mol. The van der Waals surface area contributed by atoms with Crippen LogP contribution in [0.15, 0.2) is 0 Å². The van der Waals surface area contributed by atoms with E-state index < -0.39 is 23.7 Å². The molecule has 0 aliphatic carbocycles. The van der Waals surface area contributed by atoms with Gasteiger partial charge < -0.3 is 24.8 Å². The lowest BCUT2D eigenvalue weighted by Crippen LogP contribution is -2.57. The van der Waals surface area contributed by atoms with E-state index in [1.54, 1.807) is 20.8 Å². The molecule has 0 radical (unpaired) electrons. The van der Waals surface area contributed by atoms with Crippen LogP contribution in [0.2, 0.25) is 0 Å². The van der Waals surface area contributed by atoms with Gasteiger partial charge in [-0.05, 0) is 33.6 Å². The van der Waals surface area contributed by atoms with Crippen LogP contribution in [0.3, 0.4) is 0 Å². The largest absolute Gasteiger partial charge is 0.467 e. The molecule has 130 valence electrons. The Balaban J connectivity index is 1.97. The summed E-state index contributed by atoms with van der Waals surface area (Å²) in [5.74, 6) is -1.11. The van der Waals surface area contributed by atoms with Crippen LogP contribution in [0.1, 0.15) is 33.6 Å². The number of esters is 1. The van der Waals surface area contributed by atoms with Crippen molar-refractivity contribution in [3.63, 3.8) is 0 Å². The molecule has 2 N–H and O–H groups in total. The number of alkyl carbamates (subject to hydrolysis) is 1. The molecule has 1 unspecified atom stereocenters. The minimum Gasteiger partial charge on any atom is -0.467 e. The number of nitrogens with one attached hydrogen (secondary N) is 2. The van der Waals surface area contributed by atoms with Gasteiger partial charge in [-0.1, -0.05) is 0 Å². The maximum Gasteiger partial charge on any atom is 0.408 e. The van der Waals surface area contributed by atoms with Crippen molar-refractivity contribution in [2.24, 2.45) is 5.92 Å². The number of methoxy groups -OCH3 is 1. The first-order valence-electron chi connectivity index (χ1n) is 7.61. The summed E-state index contributed by atoms with van der Waals surface area (Å²) in [4.78, 5) is 35.9. The van der Waals surface area contributed by atoms with Crippen LogP contribution in [-0.4, -0.2) is 55.5 Å². The third-order valence-corrected chi connectivity index (χ3v) is 3.85. The first kappa shape index (κ1) is 17.5. The van der Waals surface area contributed by atoms with Gasteiger partial charge in [-0.25, -0.2) is 9.59 Å². The van der Waals surface area contributed by atoms with Crippen molar-refractivity contribution < 1.29 is 28.6 Å². The minimum absolute atomic E-state index is 0.131. The molecule has 8 nitrogen and oxygen atoms in total. The van der Waals surface area contributed by atoms with Crippen LogP contribution in [0.5, 0.6) is 0 Å². The van der Waals surface area contributed by atoms with E-state index in [4.69, 9.17) is 14.2 Å². The summed E-state index contributed by atoms with van der Waals surface area (Å²) in [7, 11) is 1.24. The fourth-order valence-corrected chi connectivity index (χ4v) is 2.80. The van der Waals surface area contributed by atoms with Gasteiger partial charge in [-0.3, -0.25) is 4.79 Å². The third kappa shape index (κ3) is 4.34. The van der Waals surface area contributed by atoms with Gasteiger partial charge >= 0.3 is 12.1 Å². The Morgan fingerprint density at radius 1 is 1.43 bits per heavy atom. The Hall–Kier alpha value is -1.83. The molecular weight excluding hydrogens is 304 g/mol. The van der Waals surface area contributed by atoms with E-state index >= 15 is 0 Å². The van der Waals surface area contributed by atoms with Crippen molar-refractivity contribution in [1.29, 1.82) is 0 Å². The second-order valence-electron chi connectivity index (χ2n) is 7.12. The zero-order valence-electron chi connectivity index (χ0n) is 13.9. The Kier molecular flexibility index (Phi) is 4.84. The van der Waals surface area contributed by atoms with Crippen LogP contribution >= 0.6 is 0 Å². The van der Waals surface area contributed by atoms with Gasteiger partial charge in [0.15, 0.2) is 0 Å². The number of carbonyl (C=O) groups is 3. The monoisotopic (exact) mass is 328 g/mol. The Morgan fingerprint density at radius 3 is 2.52 bits per heavy atom. The van der Waals surface area contributed by atoms with Crippen LogP contribution in [0, 0.1) is 5.92 Å². The first-order valence-corrected chi connectivity index (χ1v) is 7.61. The van der Waals surface area contributed by atoms with E-state index in [1.807, 2.05) is 0 Å². The summed E-state index contributed by atoms with van der Waals surface area (Å²) >= 11 is 0. The number of carbonyl (C=O) groups excluding carboxylic acids is 3. The molecule has 0 bridgehead atoms. The highest BCUT2D eigenvalue weighted by atomic mass is 16.6. The molecular formula is C15H24N2O6. The van der Waals surface area contributed by atoms with Gasteiger partial charge in [0.05, 0.1) is 25.9 Å². The second-order valence-corrected chi connectivity index (χ2v) is 7.12. The van der Waals surface area contributed by atoms with Crippen LogP contribution < -0.4 is 10.6 Å². The molecule has 2 aliphatic heterocycles. The summed E-state index contributed by atoms with van der Waals surface area (Å²) in [5.41, 5.74) is -0.989.